The van der Waals surface area contributed by atoms with Gasteiger partial charge in [0, 0.05) is 12.1 Å². The maximum absolute atomic E-state index is 11.1. The molecule has 0 aromatic heterocycles. The molecule has 0 N–H and O–H groups in total. The number of hydrogen-bond donors (Lipinski definition) is 0. The van der Waals surface area contributed by atoms with Crippen LogP contribution in [0.3, 0.4) is 0 Å². The second kappa shape index (κ2) is 7.87. The van der Waals surface area contributed by atoms with E-state index in [-0.39, 0.29) is 19.1 Å². The Kier molecular flexibility index (Phi) is 7.20. The van der Waals surface area contributed by atoms with Crippen LogP contribution in [0.5, 0.6) is 0 Å². The van der Waals surface area contributed by atoms with Crippen LogP contribution in [0.4, 0.5) is 0 Å². The predicted molar refractivity (Wildman–Crippen MR) is 59.9 cm³/mol. The molecule has 0 aromatic carbocycles. The van der Waals surface area contributed by atoms with E-state index in [0.717, 1.165) is 0 Å². The summed E-state index contributed by atoms with van der Waals surface area (Å²) in [7, 11) is 1.76. The van der Waals surface area contributed by atoms with Gasteiger partial charge in [-0.05, 0) is 20.9 Å². The van der Waals surface area contributed by atoms with Crippen LogP contribution in [0.25, 0.3) is 0 Å². The van der Waals surface area contributed by atoms with Crippen LogP contribution in [-0.4, -0.2) is 50.2 Å². The Bertz CT molecular complexity index is 263. The van der Waals surface area contributed by atoms with Gasteiger partial charge in [0.1, 0.15) is 6.61 Å². The van der Waals surface area contributed by atoms with Crippen LogP contribution in [0.1, 0.15) is 13.8 Å². The molecule has 0 aromatic rings. The zero-order valence-electron chi connectivity index (χ0n) is 10.1. The number of rotatable bonds is 7. The van der Waals surface area contributed by atoms with Gasteiger partial charge in [0.2, 0.25) is 0 Å². The van der Waals surface area contributed by atoms with E-state index in [4.69, 9.17) is 9.47 Å². The maximum atomic E-state index is 11.1. The monoisotopic (exact) mass is 229 g/mol. The summed E-state index contributed by atoms with van der Waals surface area (Å²) in [5, 5.41) is 0. The maximum Gasteiger partial charge on any atom is 0.333 e. The van der Waals surface area contributed by atoms with Crippen molar-refractivity contribution in [1.82, 2.24) is 4.90 Å². The number of carbonyl (C=O) groups is 2. The van der Waals surface area contributed by atoms with Crippen molar-refractivity contribution in [1.29, 1.82) is 0 Å². The van der Waals surface area contributed by atoms with Crippen LogP contribution in [0.2, 0.25) is 0 Å². The van der Waals surface area contributed by atoms with Gasteiger partial charge in [0.05, 0.1) is 13.2 Å². The van der Waals surface area contributed by atoms with Gasteiger partial charge in [0.15, 0.2) is 0 Å². The van der Waals surface area contributed by atoms with Crippen molar-refractivity contribution in [2.75, 3.05) is 33.4 Å². The van der Waals surface area contributed by atoms with E-state index >= 15 is 0 Å². The SMILES string of the molecule is C=C(C)C(=O)OCCN(C)CC(=O)OCC. The molecule has 0 saturated carbocycles. The fourth-order valence-electron chi connectivity index (χ4n) is 0.923. The molecule has 0 unspecified atom stereocenters. The summed E-state index contributed by atoms with van der Waals surface area (Å²) in [5.74, 6) is -0.694. The van der Waals surface area contributed by atoms with E-state index in [9.17, 15) is 9.59 Å². The summed E-state index contributed by atoms with van der Waals surface area (Å²) in [5.41, 5.74) is 0.369. The topological polar surface area (TPSA) is 55.8 Å². The van der Waals surface area contributed by atoms with E-state index in [0.29, 0.717) is 18.7 Å². The van der Waals surface area contributed by atoms with Crippen LogP contribution in [0.15, 0.2) is 12.2 Å². The predicted octanol–water partition coefficient (Wildman–Crippen LogP) is 0.601. The third-order valence-corrected chi connectivity index (χ3v) is 1.76. The Morgan fingerprint density at radius 3 is 2.44 bits per heavy atom. The number of carbonyl (C=O) groups excluding carboxylic acids is 2. The number of ether oxygens (including phenoxy) is 2. The number of esters is 2. The molecule has 5 nitrogen and oxygen atoms in total. The van der Waals surface area contributed by atoms with Gasteiger partial charge in [-0.25, -0.2) is 4.79 Å². The Morgan fingerprint density at radius 1 is 1.31 bits per heavy atom. The molecule has 16 heavy (non-hydrogen) atoms. The van der Waals surface area contributed by atoms with Crippen molar-refractivity contribution >= 4 is 11.9 Å². The van der Waals surface area contributed by atoms with Gasteiger partial charge in [-0.15, -0.1) is 0 Å². The molecular formula is C11H19NO4. The Balaban J connectivity index is 3.65. The molecule has 0 rings (SSSR count). The number of likely N-dealkylation sites (N-methyl/N-ethyl adjacent to an activating group) is 1. The van der Waals surface area contributed by atoms with E-state index in [1.165, 1.54) is 0 Å². The van der Waals surface area contributed by atoms with Crippen molar-refractivity contribution in [2.45, 2.75) is 13.8 Å². The summed E-state index contributed by atoms with van der Waals surface area (Å²) in [4.78, 5) is 23.8. The Morgan fingerprint density at radius 2 is 1.94 bits per heavy atom. The standard InChI is InChI=1S/C11H19NO4/c1-5-15-10(13)8-12(4)6-7-16-11(14)9(2)3/h2,5-8H2,1,3-4H3. The van der Waals surface area contributed by atoms with Crippen molar-refractivity contribution in [3.63, 3.8) is 0 Å². The zero-order chi connectivity index (χ0) is 12.6. The van der Waals surface area contributed by atoms with Crippen molar-refractivity contribution in [3.8, 4) is 0 Å². The van der Waals surface area contributed by atoms with E-state index < -0.39 is 5.97 Å². The largest absolute Gasteiger partial charge is 0.465 e. The molecule has 0 aliphatic heterocycles. The number of nitrogens with zero attached hydrogens (tertiary/aromatic N) is 1. The van der Waals surface area contributed by atoms with E-state index in [1.807, 2.05) is 0 Å². The highest BCUT2D eigenvalue weighted by Gasteiger charge is 2.08. The van der Waals surface area contributed by atoms with Gasteiger partial charge in [-0.1, -0.05) is 6.58 Å². The Hall–Kier alpha value is -1.36. The molecule has 0 amide bonds. The highest BCUT2D eigenvalue weighted by molar-refractivity contribution is 5.86. The molecule has 0 bridgehead atoms. The van der Waals surface area contributed by atoms with Crippen molar-refractivity contribution in [3.05, 3.63) is 12.2 Å². The minimum atomic E-state index is -0.412. The molecule has 0 saturated heterocycles. The minimum absolute atomic E-state index is 0.193. The molecule has 0 atom stereocenters. The molecule has 0 aliphatic rings. The van der Waals surface area contributed by atoms with Gasteiger partial charge >= 0.3 is 11.9 Å². The smallest absolute Gasteiger partial charge is 0.333 e. The van der Waals surface area contributed by atoms with E-state index in [2.05, 4.69) is 6.58 Å². The first-order valence-electron chi connectivity index (χ1n) is 5.14. The van der Waals surface area contributed by atoms with Crippen molar-refractivity contribution < 1.29 is 19.1 Å². The van der Waals surface area contributed by atoms with E-state index in [1.54, 1.807) is 25.8 Å². The molecule has 0 fully saturated rings. The van der Waals surface area contributed by atoms with Crippen LogP contribution < -0.4 is 0 Å². The highest BCUT2D eigenvalue weighted by Crippen LogP contribution is 1.93. The molecule has 5 heteroatoms. The van der Waals surface area contributed by atoms with Gasteiger partial charge in [0.25, 0.3) is 0 Å². The summed E-state index contributed by atoms with van der Waals surface area (Å²) in [6, 6.07) is 0. The first-order chi connectivity index (χ1) is 7.47. The molecule has 0 radical (unpaired) electrons. The average molecular weight is 229 g/mol. The van der Waals surface area contributed by atoms with Crippen LogP contribution in [-0.2, 0) is 19.1 Å². The third kappa shape index (κ3) is 7.00. The Labute approximate surface area is 96.0 Å². The highest BCUT2D eigenvalue weighted by atomic mass is 16.5. The lowest BCUT2D eigenvalue weighted by Crippen LogP contribution is -2.30. The summed E-state index contributed by atoms with van der Waals surface area (Å²) >= 11 is 0. The fourth-order valence-corrected chi connectivity index (χ4v) is 0.923. The summed E-state index contributed by atoms with van der Waals surface area (Å²) in [6.45, 7) is 8.09. The molecule has 0 heterocycles. The molecule has 92 valence electrons. The van der Waals surface area contributed by atoms with Gasteiger partial charge < -0.3 is 9.47 Å². The lowest BCUT2D eigenvalue weighted by molar-refractivity contribution is -0.144. The van der Waals surface area contributed by atoms with Crippen LogP contribution in [0, 0.1) is 0 Å². The zero-order valence-corrected chi connectivity index (χ0v) is 10.1. The lowest BCUT2D eigenvalue weighted by atomic mass is 10.4. The average Bonchev–Trinajstić information content (AvgIpc) is 2.17. The van der Waals surface area contributed by atoms with Gasteiger partial charge in [-0.3, -0.25) is 9.69 Å². The van der Waals surface area contributed by atoms with Crippen molar-refractivity contribution in [2.24, 2.45) is 0 Å². The molecule has 0 spiro atoms. The summed E-state index contributed by atoms with van der Waals surface area (Å²) < 4.78 is 9.66. The molecule has 0 aliphatic carbocycles. The normalized spacial score (nSPS) is 10.0. The third-order valence-electron chi connectivity index (χ3n) is 1.76. The van der Waals surface area contributed by atoms with Crippen LogP contribution >= 0.6 is 0 Å². The second-order valence-corrected chi connectivity index (χ2v) is 3.46. The second-order valence-electron chi connectivity index (χ2n) is 3.46. The number of hydrogen-bond acceptors (Lipinski definition) is 5. The molecular weight excluding hydrogens is 210 g/mol. The summed E-state index contributed by atoms with van der Waals surface area (Å²) in [6.07, 6.45) is 0. The van der Waals surface area contributed by atoms with Gasteiger partial charge in [-0.2, -0.15) is 0 Å². The first kappa shape index (κ1) is 14.6. The fraction of sp³-hybridized carbons (Fsp3) is 0.636. The minimum Gasteiger partial charge on any atom is -0.465 e. The lowest BCUT2D eigenvalue weighted by Gasteiger charge is -2.15. The first-order valence-corrected chi connectivity index (χ1v) is 5.14. The quantitative estimate of drug-likeness (QED) is 0.472.